The minimum atomic E-state index is -0.382. The molecule has 1 atom stereocenters. The normalized spacial score (nSPS) is 23.2. The number of nitrogens with zero attached hydrogens (tertiary/aromatic N) is 3. The maximum Gasteiger partial charge on any atom is 0.314 e. The molecule has 0 saturated carbocycles. The zero-order valence-corrected chi connectivity index (χ0v) is 13.7. The highest BCUT2D eigenvalue weighted by molar-refractivity contribution is 6.30. The highest BCUT2D eigenvalue weighted by Gasteiger charge is 2.37. The van der Waals surface area contributed by atoms with E-state index in [9.17, 15) is 9.59 Å². The van der Waals surface area contributed by atoms with Gasteiger partial charge in [-0.25, -0.2) is 4.79 Å². The summed E-state index contributed by atoms with van der Waals surface area (Å²) >= 11 is 5.91. The Balaban J connectivity index is 1.67. The van der Waals surface area contributed by atoms with E-state index in [1.54, 1.807) is 17.0 Å². The van der Waals surface area contributed by atoms with Gasteiger partial charge in [-0.1, -0.05) is 11.6 Å². The molecule has 2 fully saturated rings. The van der Waals surface area contributed by atoms with Crippen LogP contribution in [-0.4, -0.2) is 60.5 Å². The third kappa shape index (κ3) is 3.43. The van der Waals surface area contributed by atoms with Crippen molar-refractivity contribution in [1.82, 2.24) is 9.80 Å². The summed E-state index contributed by atoms with van der Waals surface area (Å²) in [6.07, 6.45) is 1.64. The lowest BCUT2D eigenvalue weighted by Crippen LogP contribution is -2.44. The molecular weight excluding hydrogens is 316 g/mol. The minimum Gasteiger partial charge on any atom is -0.351 e. The van der Waals surface area contributed by atoms with Gasteiger partial charge in [0.05, 0.1) is 6.04 Å². The zero-order valence-electron chi connectivity index (χ0n) is 12.9. The molecule has 0 aliphatic carbocycles. The first-order chi connectivity index (χ1) is 11.1. The summed E-state index contributed by atoms with van der Waals surface area (Å²) in [4.78, 5) is 29.7. The van der Waals surface area contributed by atoms with Gasteiger partial charge in [0.15, 0.2) is 0 Å². The van der Waals surface area contributed by atoms with Crippen LogP contribution < -0.4 is 10.6 Å². The number of halogens is 1. The number of benzene rings is 1. The number of anilines is 1. The molecule has 1 unspecified atom stereocenters. The topological polar surface area (TPSA) is 69.9 Å². The Kier molecular flexibility index (Phi) is 4.73. The summed E-state index contributed by atoms with van der Waals surface area (Å²) in [5, 5.41) is 0.663. The number of carbonyl (C=O) groups excluding carboxylic acids is 2. The van der Waals surface area contributed by atoms with Crippen LogP contribution in [0.4, 0.5) is 10.5 Å². The SMILES string of the molecule is NC(=O)N1CCCN(C2CCN(c3ccc(Cl)cc3)C2=O)CC1. The molecule has 1 aromatic carbocycles. The van der Waals surface area contributed by atoms with Crippen molar-refractivity contribution >= 4 is 29.2 Å². The van der Waals surface area contributed by atoms with Crippen molar-refractivity contribution in [2.45, 2.75) is 18.9 Å². The number of urea groups is 1. The fourth-order valence-corrected chi connectivity index (χ4v) is 3.48. The number of amides is 3. The van der Waals surface area contributed by atoms with Crippen LogP contribution in [0.15, 0.2) is 24.3 Å². The van der Waals surface area contributed by atoms with E-state index in [4.69, 9.17) is 17.3 Å². The highest BCUT2D eigenvalue weighted by Crippen LogP contribution is 2.26. The fraction of sp³-hybridized carbons (Fsp3) is 0.500. The van der Waals surface area contributed by atoms with Crippen LogP contribution in [0.3, 0.4) is 0 Å². The van der Waals surface area contributed by atoms with Gasteiger partial charge in [-0.2, -0.15) is 0 Å². The second kappa shape index (κ2) is 6.76. The van der Waals surface area contributed by atoms with Crippen molar-refractivity contribution in [1.29, 1.82) is 0 Å². The number of hydrogen-bond donors (Lipinski definition) is 1. The molecule has 0 aromatic heterocycles. The van der Waals surface area contributed by atoms with E-state index in [0.29, 0.717) is 31.2 Å². The van der Waals surface area contributed by atoms with Gasteiger partial charge in [0, 0.05) is 43.4 Å². The molecule has 3 rings (SSSR count). The van der Waals surface area contributed by atoms with Gasteiger partial charge in [-0.3, -0.25) is 9.69 Å². The van der Waals surface area contributed by atoms with Crippen molar-refractivity contribution < 1.29 is 9.59 Å². The minimum absolute atomic E-state index is 0.112. The number of carbonyl (C=O) groups is 2. The van der Waals surface area contributed by atoms with Crippen molar-refractivity contribution in [3.8, 4) is 0 Å². The molecule has 2 heterocycles. The van der Waals surface area contributed by atoms with Gasteiger partial charge in [-0.05, 0) is 37.1 Å². The molecule has 1 aromatic rings. The fourth-order valence-electron chi connectivity index (χ4n) is 3.35. The summed E-state index contributed by atoms with van der Waals surface area (Å²) in [5.41, 5.74) is 6.24. The summed E-state index contributed by atoms with van der Waals surface area (Å²) in [6.45, 7) is 3.46. The second-order valence-electron chi connectivity index (χ2n) is 5.99. The molecule has 7 heteroatoms. The standard InChI is InChI=1S/C16H21ClN4O2/c17-12-2-4-13(5-3-12)21-9-6-14(15(21)22)19-7-1-8-20(11-10-19)16(18)23/h2-5,14H,1,6-11H2,(H2,18,23). The molecule has 2 aliphatic rings. The quantitative estimate of drug-likeness (QED) is 0.890. The summed E-state index contributed by atoms with van der Waals surface area (Å²) in [6, 6.07) is 6.85. The molecule has 2 aliphatic heterocycles. The maximum absolute atomic E-state index is 12.8. The van der Waals surface area contributed by atoms with E-state index >= 15 is 0 Å². The lowest BCUT2D eigenvalue weighted by molar-refractivity contribution is -0.121. The number of nitrogens with two attached hydrogens (primary N) is 1. The first-order valence-electron chi connectivity index (χ1n) is 7.91. The molecule has 0 spiro atoms. The monoisotopic (exact) mass is 336 g/mol. The summed E-state index contributed by atoms with van der Waals surface area (Å²) in [5.74, 6) is 0.125. The number of rotatable bonds is 2. The van der Waals surface area contributed by atoms with E-state index in [0.717, 1.165) is 25.1 Å². The number of primary amides is 1. The lowest BCUT2D eigenvalue weighted by atomic mass is 10.2. The Bertz CT molecular complexity index is 592. The van der Waals surface area contributed by atoms with Crippen LogP contribution in [0.25, 0.3) is 0 Å². The van der Waals surface area contributed by atoms with Gasteiger partial charge >= 0.3 is 6.03 Å². The average Bonchev–Trinajstić information content (AvgIpc) is 2.75. The maximum atomic E-state index is 12.8. The molecule has 0 bridgehead atoms. The summed E-state index contributed by atoms with van der Waals surface area (Å²) < 4.78 is 0. The molecule has 23 heavy (non-hydrogen) atoms. The molecule has 0 radical (unpaired) electrons. The van der Waals surface area contributed by atoms with E-state index in [1.807, 2.05) is 17.0 Å². The van der Waals surface area contributed by atoms with Crippen molar-refractivity contribution in [3.63, 3.8) is 0 Å². The Labute approximate surface area is 140 Å². The van der Waals surface area contributed by atoms with Crippen molar-refractivity contribution in [3.05, 3.63) is 29.3 Å². The van der Waals surface area contributed by atoms with E-state index < -0.39 is 0 Å². The van der Waals surface area contributed by atoms with Crippen molar-refractivity contribution in [2.75, 3.05) is 37.6 Å². The van der Waals surface area contributed by atoms with Gasteiger partial charge in [0.25, 0.3) is 0 Å². The van der Waals surface area contributed by atoms with Crippen LogP contribution in [0.1, 0.15) is 12.8 Å². The van der Waals surface area contributed by atoms with Crippen LogP contribution in [0.2, 0.25) is 5.02 Å². The molecule has 2 N–H and O–H groups in total. The molecule has 2 saturated heterocycles. The molecule has 6 nitrogen and oxygen atoms in total. The predicted octanol–water partition coefficient (Wildman–Crippen LogP) is 1.53. The predicted molar refractivity (Wildman–Crippen MR) is 89.6 cm³/mol. The van der Waals surface area contributed by atoms with E-state index in [-0.39, 0.29) is 18.0 Å². The molecule has 3 amide bonds. The first kappa shape index (κ1) is 16.1. The Hall–Kier alpha value is -1.79. The van der Waals surface area contributed by atoms with E-state index in [1.165, 1.54) is 0 Å². The highest BCUT2D eigenvalue weighted by atomic mass is 35.5. The lowest BCUT2D eigenvalue weighted by Gasteiger charge is -2.26. The van der Waals surface area contributed by atoms with Crippen LogP contribution in [0, 0.1) is 0 Å². The third-order valence-corrected chi connectivity index (χ3v) is 4.85. The van der Waals surface area contributed by atoms with Crippen molar-refractivity contribution in [2.24, 2.45) is 5.73 Å². The van der Waals surface area contributed by atoms with Crippen LogP contribution in [-0.2, 0) is 4.79 Å². The smallest absolute Gasteiger partial charge is 0.314 e. The van der Waals surface area contributed by atoms with Gasteiger partial charge in [-0.15, -0.1) is 0 Å². The second-order valence-corrected chi connectivity index (χ2v) is 6.42. The van der Waals surface area contributed by atoms with E-state index in [2.05, 4.69) is 4.90 Å². The van der Waals surface area contributed by atoms with Gasteiger partial charge in [0.1, 0.15) is 0 Å². The van der Waals surface area contributed by atoms with Gasteiger partial charge in [0.2, 0.25) is 5.91 Å². The largest absolute Gasteiger partial charge is 0.351 e. The molecular formula is C16H21ClN4O2. The zero-order chi connectivity index (χ0) is 16.4. The third-order valence-electron chi connectivity index (χ3n) is 4.60. The van der Waals surface area contributed by atoms with Gasteiger partial charge < -0.3 is 15.5 Å². The Morgan fingerprint density at radius 2 is 1.83 bits per heavy atom. The summed E-state index contributed by atoms with van der Waals surface area (Å²) in [7, 11) is 0. The first-order valence-corrected chi connectivity index (χ1v) is 8.29. The Morgan fingerprint density at radius 3 is 2.52 bits per heavy atom. The van der Waals surface area contributed by atoms with Crippen LogP contribution >= 0.6 is 11.6 Å². The number of hydrogen-bond acceptors (Lipinski definition) is 3. The molecule has 124 valence electrons. The Morgan fingerprint density at radius 1 is 1.09 bits per heavy atom. The van der Waals surface area contributed by atoms with Crippen LogP contribution in [0.5, 0.6) is 0 Å². The average molecular weight is 337 g/mol.